The van der Waals surface area contributed by atoms with Gasteiger partial charge in [-0.3, -0.25) is 14.4 Å². The Balaban J connectivity index is 1.42. The predicted molar refractivity (Wildman–Crippen MR) is 113 cm³/mol. The van der Waals surface area contributed by atoms with Crippen molar-refractivity contribution in [2.75, 3.05) is 31.5 Å². The monoisotopic (exact) mass is 404 g/mol. The van der Waals surface area contributed by atoms with Gasteiger partial charge in [-0.1, -0.05) is 36.4 Å². The molecule has 30 heavy (non-hydrogen) atoms. The van der Waals surface area contributed by atoms with Gasteiger partial charge in [0.2, 0.25) is 11.8 Å². The summed E-state index contributed by atoms with van der Waals surface area (Å²) in [5.74, 6) is -0.385. The summed E-state index contributed by atoms with van der Waals surface area (Å²) >= 11 is 0. The topological polar surface area (TPSA) is 81.8 Å². The maximum absolute atomic E-state index is 13.4. The minimum Gasteiger partial charge on any atom is -0.337 e. The molecule has 0 radical (unpaired) electrons. The molecule has 0 aromatic heterocycles. The molecule has 0 aliphatic carbocycles. The highest BCUT2D eigenvalue weighted by Crippen LogP contribution is 2.30. The normalized spacial score (nSPS) is 23.5. The molecule has 3 heterocycles. The lowest BCUT2D eigenvalue weighted by atomic mass is 10.0. The molecule has 3 amide bonds. The van der Waals surface area contributed by atoms with Crippen molar-refractivity contribution in [2.45, 2.75) is 24.9 Å². The third-order valence-corrected chi connectivity index (χ3v) is 6.23. The molecule has 2 N–H and O–H groups in total. The second-order valence-electron chi connectivity index (χ2n) is 8.06. The summed E-state index contributed by atoms with van der Waals surface area (Å²) in [5.41, 5.74) is 2.95. The van der Waals surface area contributed by atoms with Crippen LogP contribution in [-0.4, -0.2) is 65.8 Å². The Morgan fingerprint density at radius 1 is 1.00 bits per heavy atom. The molecular formula is C23H24N4O3. The first-order valence-corrected chi connectivity index (χ1v) is 10.5. The fraction of sp³-hybridized carbons (Fsp3) is 0.348. The Bertz CT molecular complexity index is 1000. The molecule has 0 saturated carbocycles. The fourth-order valence-corrected chi connectivity index (χ4v) is 4.58. The Hall–Kier alpha value is -3.19. The van der Waals surface area contributed by atoms with Crippen LogP contribution in [0.25, 0.3) is 11.1 Å². The third-order valence-electron chi connectivity index (χ3n) is 6.23. The Kier molecular flexibility index (Phi) is 4.75. The van der Waals surface area contributed by atoms with Crippen molar-refractivity contribution in [1.82, 2.24) is 15.1 Å². The zero-order valence-corrected chi connectivity index (χ0v) is 16.6. The molecule has 2 aromatic rings. The number of anilines is 1. The van der Waals surface area contributed by atoms with E-state index in [4.69, 9.17) is 0 Å². The zero-order valence-electron chi connectivity index (χ0n) is 16.6. The number of hydrogen-bond acceptors (Lipinski definition) is 4. The summed E-state index contributed by atoms with van der Waals surface area (Å²) in [6.45, 7) is 1.87. The summed E-state index contributed by atoms with van der Waals surface area (Å²) in [6, 6.07) is 14.5. The van der Waals surface area contributed by atoms with Crippen LogP contribution < -0.4 is 10.6 Å². The number of nitrogens with zero attached hydrogens (tertiary/aromatic N) is 2. The van der Waals surface area contributed by atoms with Gasteiger partial charge >= 0.3 is 0 Å². The Labute approximate surface area is 175 Å². The van der Waals surface area contributed by atoms with Gasteiger partial charge in [-0.15, -0.1) is 0 Å². The van der Waals surface area contributed by atoms with Gasteiger partial charge in [0.25, 0.3) is 5.91 Å². The number of fused-ring (bicyclic) bond motifs is 2. The van der Waals surface area contributed by atoms with Crippen molar-refractivity contribution in [1.29, 1.82) is 0 Å². The number of amides is 3. The van der Waals surface area contributed by atoms with E-state index in [1.54, 1.807) is 15.9 Å². The van der Waals surface area contributed by atoms with Crippen LogP contribution in [0, 0.1) is 0 Å². The molecule has 0 bridgehead atoms. The van der Waals surface area contributed by atoms with E-state index in [0.717, 1.165) is 30.5 Å². The second-order valence-corrected chi connectivity index (χ2v) is 8.06. The average molecular weight is 404 g/mol. The van der Waals surface area contributed by atoms with Crippen LogP contribution in [-0.2, 0) is 9.59 Å². The van der Waals surface area contributed by atoms with Crippen LogP contribution in [0.3, 0.4) is 0 Å². The quantitative estimate of drug-likeness (QED) is 0.799. The van der Waals surface area contributed by atoms with Gasteiger partial charge < -0.3 is 20.4 Å². The molecular weight excluding hydrogens is 380 g/mol. The van der Waals surface area contributed by atoms with E-state index in [-0.39, 0.29) is 30.3 Å². The van der Waals surface area contributed by atoms with Crippen molar-refractivity contribution in [2.24, 2.45) is 0 Å². The van der Waals surface area contributed by atoms with E-state index >= 15 is 0 Å². The number of carbonyl (C=O) groups excluding carboxylic acids is 3. The highest BCUT2D eigenvalue weighted by atomic mass is 16.2. The SMILES string of the molecule is O=C1Nc2ccc(-c3ccccc3)cc2C(=O)N2CCN(C(=O)[C@H]3CCCN3)C[C@@H]12. The van der Waals surface area contributed by atoms with Gasteiger partial charge in [-0.2, -0.15) is 0 Å². The Morgan fingerprint density at radius 3 is 2.60 bits per heavy atom. The van der Waals surface area contributed by atoms with Crippen LogP contribution >= 0.6 is 0 Å². The second kappa shape index (κ2) is 7.57. The lowest BCUT2D eigenvalue weighted by molar-refractivity contribution is -0.137. The van der Waals surface area contributed by atoms with Gasteiger partial charge in [-0.05, 0) is 42.6 Å². The highest BCUT2D eigenvalue weighted by Gasteiger charge is 2.41. The van der Waals surface area contributed by atoms with Crippen LogP contribution in [0.4, 0.5) is 5.69 Å². The fourth-order valence-electron chi connectivity index (χ4n) is 4.58. The summed E-state index contributed by atoms with van der Waals surface area (Å²) in [7, 11) is 0. The maximum atomic E-state index is 13.4. The number of benzene rings is 2. The lowest BCUT2D eigenvalue weighted by Gasteiger charge is -2.40. The summed E-state index contributed by atoms with van der Waals surface area (Å²) in [4.78, 5) is 42.4. The summed E-state index contributed by atoms with van der Waals surface area (Å²) in [6.07, 6.45) is 1.81. The first-order chi connectivity index (χ1) is 14.6. The minimum atomic E-state index is -0.677. The maximum Gasteiger partial charge on any atom is 0.256 e. The van der Waals surface area contributed by atoms with E-state index < -0.39 is 6.04 Å². The molecule has 3 aliphatic rings. The number of nitrogens with one attached hydrogen (secondary N) is 2. The van der Waals surface area contributed by atoms with E-state index in [2.05, 4.69) is 10.6 Å². The van der Waals surface area contributed by atoms with Crippen LogP contribution in [0.5, 0.6) is 0 Å². The molecule has 0 spiro atoms. The first kappa shape index (κ1) is 18.8. The van der Waals surface area contributed by atoms with Gasteiger partial charge in [0.05, 0.1) is 23.8 Å². The van der Waals surface area contributed by atoms with E-state index in [1.165, 1.54) is 0 Å². The molecule has 2 fully saturated rings. The number of carbonyl (C=O) groups is 3. The summed E-state index contributed by atoms with van der Waals surface area (Å²) in [5, 5.41) is 6.13. The number of rotatable bonds is 2. The molecule has 2 aromatic carbocycles. The smallest absolute Gasteiger partial charge is 0.256 e. The molecule has 7 nitrogen and oxygen atoms in total. The zero-order chi connectivity index (χ0) is 20.7. The molecule has 7 heteroatoms. The molecule has 2 saturated heterocycles. The van der Waals surface area contributed by atoms with Crippen molar-refractivity contribution >= 4 is 23.4 Å². The number of piperazine rings is 1. The van der Waals surface area contributed by atoms with Gasteiger partial charge in [-0.25, -0.2) is 0 Å². The van der Waals surface area contributed by atoms with Crippen molar-refractivity contribution in [3.63, 3.8) is 0 Å². The standard InChI is InChI=1S/C23H24N4O3/c28-21-20-14-26(23(30)19-7-4-10-24-19)11-12-27(20)22(29)17-13-16(8-9-18(17)25-21)15-5-2-1-3-6-15/h1-3,5-6,8-9,13,19-20,24H,4,7,10-12,14H2,(H,25,28)/t19-,20+/m1/s1. The Morgan fingerprint density at radius 2 is 1.83 bits per heavy atom. The van der Waals surface area contributed by atoms with E-state index in [0.29, 0.717) is 24.3 Å². The van der Waals surface area contributed by atoms with Crippen molar-refractivity contribution in [3.8, 4) is 11.1 Å². The van der Waals surface area contributed by atoms with Gasteiger partial charge in [0.15, 0.2) is 0 Å². The summed E-state index contributed by atoms with van der Waals surface area (Å²) < 4.78 is 0. The van der Waals surface area contributed by atoms with Crippen LogP contribution in [0.2, 0.25) is 0 Å². The third kappa shape index (κ3) is 3.25. The molecule has 154 valence electrons. The van der Waals surface area contributed by atoms with Crippen molar-refractivity contribution in [3.05, 3.63) is 54.1 Å². The molecule has 2 atom stereocenters. The number of hydrogen-bond donors (Lipinski definition) is 2. The van der Waals surface area contributed by atoms with Gasteiger partial charge in [0.1, 0.15) is 6.04 Å². The van der Waals surface area contributed by atoms with E-state index in [1.807, 2.05) is 42.5 Å². The molecule has 3 aliphatic heterocycles. The molecule has 5 rings (SSSR count). The largest absolute Gasteiger partial charge is 0.337 e. The average Bonchev–Trinajstić information content (AvgIpc) is 3.30. The van der Waals surface area contributed by atoms with E-state index in [9.17, 15) is 14.4 Å². The van der Waals surface area contributed by atoms with Crippen molar-refractivity contribution < 1.29 is 14.4 Å². The van der Waals surface area contributed by atoms with Crippen LogP contribution in [0.15, 0.2) is 48.5 Å². The first-order valence-electron chi connectivity index (χ1n) is 10.5. The molecule has 0 unspecified atom stereocenters. The predicted octanol–water partition coefficient (Wildman–Crippen LogP) is 1.71. The lowest BCUT2D eigenvalue weighted by Crippen LogP contribution is -2.61. The van der Waals surface area contributed by atoms with Crippen LogP contribution in [0.1, 0.15) is 23.2 Å². The highest BCUT2D eigenvalue weighted by molar-refractivity contribution is 6.10. The van der Waals surface area contributed by atoms with Gasteiger partial charge in [0, 0.05) is 13.1 Å². The minimum absolute atomic E-state index is 0.0283.